The Labute approximate surface area is 147 Å². The Balaban J connectivity index is 0.00000288. The van der Waals surface area contributed by atoms with Gasteiger partial charge >= 0.3 is 0 Å². The molecule has 0 heterocycles. The Morgan fingerprint density at radius 2 is 1.79 bits per heavy atom. The Morgan fingerprint density at radius 1 is 1.17 bits per heavy atom. The molecule has 0 saturated carbocycles. The summed E-state index contributed by atoms with van der Waals surface area (Å²) in [5.74, 6) is -0.655. The molecule has 2 aromatic carbocycles. The highest BCUT2D eigenvalue weighted by Crippen LogP contribution is 2.25. The first kappa shape index (κ1) is 20.2. The highest BCUT2D eigenvalue weighted by Gasteiger charge is 2.20. The number of methoxy groups -OCH3 is 1. The van der Waals surface area contributed by atoms with E-state index in [1.807, 2.05) is 12.1 Å². The van der Waals surface area contributed by atoms with E-state index in [1.54, 1.807) is 12.1 Å². The Morgan fingerprint density at radius 3 is 2.38 bits per heavy atom. The van der Waals surface area contributed by atoms with Crippen LogP contribution in [0.2, 0.25) is 0 Å². The molecule has 8 heteroatoms. The molecule has 0 aliphatic heterocycles. The maximum Gasteiger partial charge on any atom is 0.240 e. The van der Waals surface area contributed by atoms with Crippen molar-refractivity contribution in [3.63, 3.8) is 0 Å². The lowest BCUT2D eigenvalue weighted by Gasteiger charge is -2.12. The summed E-state index contributed by atoms with van der Waals surface area (Å²) < 4.78 is 45.9. The zero-order valence-corrected chi connectivity index (χ0v) is 15.0. The van der Waals surface area contributed by atoms with Gasteiger partial charge in [0, 0.05) is 17.8 Å². The van der Waals surface area contributed by atoms with Crippen molar-refractivity contribution >= 4 is 28.1 Å². The molecular weight excluding hydrogens is 355 g/mol. The number of hydrogen-bond acceptors (Lipinski definition) is 4. The minimum atomic E-state index is -3.79. The number of nitrogen functional groups attached to an aromatic ring is 1. The highest BCUT2D eigenvalue weighted by molar-refractivity contribution is 7.89. The van der Waals surface area contributed by atoms with Crippen LogP contribution in [0.3, 0.4) is 0 Å². The summed E-state index contributed by atoms with van der Waals surface area (Å²) in [6.45, 7) is 1.62. The quantitative estimate of drug-likeness (QED) is 0.761. The summed E-state index contributed by atoms with van der Waals surface area (Å²) in [6.07, 6.45) is 0.511. The second-order valence-electron chi connectivity index (χ2n) is 5.09. The third-order valence-corrected chi connectivity index (χ3v) is 5.10. The van der Waals surface area contributed by atoms with Crippen molar-refractivity contribution < 1.29 is 17.5 Å². The van der Waals surface area contributed by atoms with Crippen LogP contribution >= 0.6 is 12.4 Å². The van der Waals surface area contributed by atoms with E-state index in [4.69, 9.17) is 10.5 Å². The van der Waals surface area contributed by atoms with Gasteiger partial charge in [0.25, 0.3) is 0 Å². The number of anilines is 1. The van der Waals surface area contributed by atoms with Crippen molar-refractivity contribution in [3.05, 3.63) is 53.3 Å². The van der Waals surface area contributed by atoms with Crippen molar-refractivity contribution in [3.8, 4) is 5.75 Å². The van der Waals surface area contributed by atoms with E-state index in [0.717, 1.165) is 5.56 Å². The number of rotatable bonds is 6. The molecule has 0 saturated heterocycles. The third-order valence-electron chi connectivity index (χ3n) is 3.50. The lowest BCUT2D eigenvalue weighted by Crippen LogP contribution is -2.27. The van der Waals surface area contributed by atoms with Crippen molar-refractivity contribution in [1.82, 2.24) is 4.72 Å². The molecule has 0 aliphatic carbocycles. The predicted molar refractivity (Wildman–Crippen MR) is 94.7 cm³/mol. The van der Waals surface area contributed by atoms with E-state index in [1.165, 1.54) is 26.2 Å². The first-order valence-electron chi connectivity index (χ1n) is 7.02. The minimum absolute atomic E-state index is 0. The van der Waals surface area contributed by atoms with Gasteiger partial charge in [-0.25, -0.2) is 17.5 Å². The van der Waals surface area contributed by atoms with E-state index in [0.29, 0.717) is 12.1 Å². The number of halogens is 2. The first-order chi connectivity index (χ1) is 10.8. The Bertz CT molecular complexity index is 796. The largest absolute Gasteiger partial charge is 0.494 e. The number of sulfonamides is 1. The van der Waals surface area contributed by atoms with Gasteiger partial charge in [0.05, 0.1) is 12.0 Å². The number of nitrogens with one attached hydrogen (secondary N) is 1. The molecule has 0 aliphatic rings. The number of ether oxygens (including phenoxy) is 1. The molecule has 0 fully saturated rings. The molecule has 2 aromatic rings. The average molecular weight is 375 g/mol. The monoisotopic (exact) mass is 374 g/mol. The van der Waals surface area contributed by atoms with Gasteiger partial charge in [-0.1, -0.05) is 12.1 Å². The molecule has 0 unspecified atom stereocenters. The number of nitrogens with two attached hydrogens (primary N) is 1. The van der Waals surface area contributed by atoms with Crippen LogP contribution in [-0.4, -0.2) is 22.1 Å². The molecule has 24 heavy (non-hydrogen) atoms. The summed E-state index contributed by atoms with van der Waals surface area (Å²) in [5, 5.41) is 0. The van der Waals surface area contributed by atoms with Crippen molar-refractivity contribution in [2.24, 2.45) is 0 Å². The molecule has 5 nitrogen and oxygen atoms in total. The highest BCUT2D eigenvalue weighted by atomic mass is 35.5. The maximum absolute atomic E-state index is 14.0. The molecule has 2 rings (SSSR count). The lowest BCUT2D eigenvalue weighted by atomic mass is 10.1. The van der Waals surface area contributed by atoms with Gasteiger partial charge in [-0.05, 0) is 43.2 Å². The van der Waals surface area contributed by atoms with E-state index in [9.17, 15) is 12.8 Å². The van der Waals surface area contributed by atoms with Crippen LogP contribution in [0.25, 0.3) is 0 Å². The fourth-order valence-corrected chi connectivity index (χ4v) is 3.45. The van der Waals surface area contributed by atoms with Gasteiger partial charge < -0.3 is 10.5 Å². The Hall–Kier alpha value is -1.83. The molecular formula is C16H20ClFN2O3S. The zero-order chi connectivity index (χ0) is 17.0. The lowest BCUT2D eigenvalue weighted by molar-refractivity contribution is 0.384. The van der Waals surface area contributed by atoms with Crippen LogP contribution < -0.4 is 15.2 Å². The second kappa shape index (κ2) is 8.32. The molecule has 0 spiro atoms. The predicted octanol–water partition coefficient (Wildman–Crippen LogP) is 2.67. The summed E-state index contributed by atoms with van der Waals surface area (Å²) >= 11 is 0. The van der Waals surface area contributed by atoms with E-state index in [-0.39, 0.29) is 35.2 Å². The normalized spacial score (nSPS) is 11.0. The summed E-state index contributed by atoms with van der Waals surface area (Å²) in [6, 6.07) is 9.82. The van der Waals surface area contributed by atoms with E-state index >= 15 is 0 Å². The van der Waals surface area contributed by atoms with Gasteiger partial charge in [-0.3, -0.25) is 0 Å². The number of hydrogen-bond donors (Lipinski definition) is 2. The molecule has 3 N–H and O–H groups in total. The zero-order valence-electron chi connectivity index (χ0n) is 13.4. The minimum Gasteiger partial charge on any atom is -0.494 e. The fourth-order valence-electron chi connectivity index (χ4n) is 2.18. The van der Waals surface area contributed by atoms with Crippen LogP contribution in [0.5, 0.6) is 5.75 Å². The van der Waals surface area contributed by atoms with E-state index in [2.05, 4.69) is 4.72 Å². The molecule has 132 valence electrons. The standard InChI is InChI=1S/C16H19FN2O3S.ClH/c1-11-15(8-7-14(22-2)16(11)17)23(20,21)19-10-9-12-3-5-13(18)6-4-12;/h3-8,19H,9-10,18H2,1-2H3;1H. The summed E-state index contributed by atoms with van der Waals surface area (Å²) in [4.78, 5) is -0.0897. The van der Waals surface area contributed by atoms with Gasteiger partial charge in [-0.15, -0.1) is 12.4 Å². The van der Waals surface area contributed by atoms with Crippen LogP contribution in [0, 0.1) is 12.7 Å². The van der Waals surface area contributed by atoms with Gasteiger partial charge in [0.2, 0.25) is 10.0 Å². The van der Waals surface area contributed by atoms with Crippen LogP contribution in [0.4, 0.5) is 10.1 Å². The third kappa shape index (κ3) is 4.59. The van der Waals surface area contributed by atoms with Crippen LogP contribution in [0.1, 0.15) is 11.1 Å². The van der Waals surface area contributed by atoms with E-state index < -0.39 is 15.8 Å². The van der Waals surface area contributed by atoms with Gasteiger partial charge in [-0.2, -0.15) is 0 Å². The topological polar surface area (TPSA) is 81.4 Å². The second-order valence-corrected chi connectivity index (χ2v) is 6.83. The molecule has 0 radical (unpaired) electrons. The molecule has 0 atom stereocenters. The average Bonchev–Trinajstić information content (AvgIpc) is 2.51. The molecule has 0 bridgehead atoms. The van der Waals surface area contributed by atoms with Gasteiger partial charge in [0.15, 0.2) is 11.6 Å². The smallest absolute Gasteiger partial charge is 0.240 e. The fraction of sp³-hybridized carbons (Fsp3) is 0.250. The van der Waals surface area contributed by atoms with Crippen molar-refractivity contribution in [2.45, 2.75) is 18.2 Å². The summed E-state index contributed by atoms with van der Waals surface area (Å²) in [7, 11) is -2.46. The first-order valence-corrected chi connectivity index (χ1v) is 8.50. The molecule has 0 amide bonds. The van der Waals surface area contributed by atoms with Crippen LogP contribution in [-0.2, 0) is 16.4 Å². The van der Waals surface area contributed by atoms with Crippen molar-refractivity contribution in [1.29, 1.82) is 0 Å². The van der Waals surface area contributed by atoms with Gasteiger partial charge in [0.1, 0.15) is 0 Å². The SMILES string of the molecule is COc1ccc(S(=O)(=O)NCCc2ccc(N)cc2)c(C)c1F.Cl. The maximum atomic E-state index is 14.0. The summed E-state index contributed by atoms with van der Waals surface area (Å²) in [5.41, 5.74) is 7.24. The number of benzene rings is 2. The Kier molecular flexibility index (Phi) is 7.01. The van der Waals surface area contributed by atoms with Crippen LogP contribution in [0.15, 0.2) is 41.3 Å². The molecule has 0 aromatic heterocycles. The van der Waals surface area contributed by atoms with Crippen molar-refractivity contribution in [2.75, 3.05) is 19.4 Å².